The van der Waals surface area contributed by atoms with Crippen LogP contribution in [0.3, 0.4) is 0 Å². The molecular formula is C10H14N2O4S. The topological polar surface area (TPSA) is 88.5 Å². The van der Waals surface area contributed by atoms with Gasteiger partial charge in [0, 0.05) is 12.0 Å². The minimum Gasteiger partial charge on any atom is -0.476 e. The Kier molecular flexibility index (Phi) is 5.05. The molecule has 17 heavy (non-hydrogen) atoms. The van der Waals surface area contributed by atoms with Crippen molar-refractivity contribution in [1.29, 1.82) is 0 Å². The van der Waals surface area contributed by atoms with Gasteiger partial charge in [-0.15, -0.1) is 11.3 Å². The zero-order chi connectivity index (χ0) is 12.8. The Bertz CT molecular complexity index is 405. The van der Waals surface area contributed by atoms with Gasteiger partial charge in [-0.05, 0) is 13.8 Å². The number of rotatable bonds is 6. The van der Waals surface area contributed by atoms with Crippen molar-refractivity contribution in [3.63, 3.8) is 0 Å². The molecule has 0 saturated carbocycles. The van der Waals surface area contributed by atoms with Crippen LogP contribution in [-0.4, -0.2) is 35.2 Å². The van der Waals surface area contributed by atoms with Crippen LogP contribution in [0.2, 0.25) is 0 Å². The molecule has 0 aliphatic heterocycles. The summed E-state index contributed by atoms with van der Waals surface area (Å²) in [6.07, 6.45) is 0. The van der Waals surface area contributed by atoms with Crippen LogP contribution in [0.4, 0.5) is 0 Å². The van der Waals surface area contributed by atoms with Gasteiger partial charge >= 0.3 is 5.97 Å². The number of hydrogen-bond acceptors (Lipinski definition) is 5. The molecule has 0 saturated heterocycles. The minimum atomic E-state index is -1.07. The first-order chi connectivity index (χ1) is 8.04. The molecule has 6 nitrogen and oxygen atoms in total. The maximum atomic E-state index is 11.4. The van der Waals surface area contributed by atoms with E-state index in [9.17, 15) is 9.59 Å². The molecule has 94 valence electrons. The predicted octanol–water partition coefficient (Wildman–Crippen LogP) is 1.06. The molecule has 1 unspecified atom stereocenters. The number of amides is 1. The van der Waals surface area contributed by atoms with E-state index in [1.54, 1.807) is 13.8 Å². The molecule has 1 aromatic heterocycles. The maximum absolute atomic E-state index is 11.4. The van der Waals surface area contributed by atoms with E-state index < -0.39 is 5.97 Å². The lowest BCUT2D eigenvalue weighted by atomic mass is 10.3. The number of thiazole rings is 1. The van der Waals surface area contributed by atoms with Gasteiger partial charge in [0.1, 0.15) is 11.6 Å². The summed E-state index contributed by atoms with van der Waals surface area (Å²) in [4.78, 5) is 25.9. The van der Waals surface area contributed by atoms with Crippen molar-refractivity contribution < 1.29 is 19.4 Å². The molecule has 2 N–H and O–H groups in total. The summed E-state index contributed by atoms with van der Waals surface area (Å²) in [5, 5.41) is 13.4. The van der Waals surface area contributed by atoms with Crippen molar-refractivity contribution >= 4 is 23.2 Å². The molecule has 0 aliphatic rings. The number of carbonyl (C=O) groups is 2. The standard InChI is InChI=1S/C10H14N2O4S/c1-3-16-4-8(13)11-6(2)9-12-7(5-17-9)10(14)15/h5-6H,3-4H2,1-2H3,(H,11,13)(H,14,15). The lowest BCUT2D eigenvalue weighted by Crippen LogP contribution is -2.30. The minimum absolute atomic E-state index is 0.00198. The molecule has 0 aliphatic carbocycles. The van der Waals surface area contributed by atoms with E-state index in [1.807, 2.05) is 0 Å². The van der Waals surface area contributed by atoms with Gasteiger partial charge in [0.25, 0.3) is 0 Å². The van der Waals surface area contributed by atoms with Crippen LogP contribution < -0.4 is 5.32 Å². The SMILES string of the molecule is CCOCC(=O)NC(C)c1nc(C(=O)O)cs1. The first-order valence-electron chi connectivity index (χ1n) is 5.10. The Hall–Kier alpha value is -1.47. The Labute approximate surface area is 103 Å². The van der Waals surface area contributed by atoms with E-state index in [1.165, 1.54) is 16.7 Å². The first-order valence-corrected chi connectivity index (χ1v) is 5.98. The van der Waals surface area contributed by atoms with Gasteiger partial charge in [-0.25, -0.2) is 9.78 Å². The zero-order valence-electron chi connectivity index (χ0n) is 9.60. The average Bonchev–Trinajstić information content (AvgIpc) is 2.75. The highest BCUT2D eigenvalue weighted by molar-refractivity contribution is 7.09. The number of aromatic carboxylic acids is 1. The molecule has 0 spiro atoms. The van der Waals surface area contributed by atoms with E-state index in [4.69, 9.17) is 9.84 Å². The first kappa shape index (κ1) is 13.6. The van der Waals surface area contributed by atoms with Crippen LogP contribution in [0.1, 0.15) is 35.4 Å². The zero-order valence-corrected chi connectivity index (χ0v) is 10.4. The van der Waals surface area contributed by atoms with E-state index in [0.717, 1.165) is 0 Å². The van der Waals surface area contributed by atoms with Crippen molar-refractivity contribution in [3.8, 4) is 0 Å². The highest BCUT2D eigenvalue weighted by atomic mass is 32.1. The van der Waals surface area contributed by atoms with Crippen LogP contribution >= 0.6 is 11.3 Å². The molecule has 0 radical (unpaired) electrons. The van der Waals surface area contributed by atoms with Crippen LogP contribution in [0, 0.1) is 0 Å². The molecule has 1 rings (SSSR count). The highest BCUT2D eigenvalue weighted by Crippen LogP contribution is 2.17. The van der Waals surface area contributed by atoms with Crippen molar-refractivity contribution in [2.24, 2.45) is 0 Å². The fraction of sp³-hybridized carbons (Fsp3) is 0.500. The molecule has 0 fully saturated rings. The normalized spacial score (nSPS) is 12.1. The second-order valence-electron chi connectivity index (χ2n) is 3.30. The Balaban J connectivity index is 2.54. The molecule has 0 aromatic carbocycles. The molecule has 1 heterocycles. The fourth-order valence-corrected chi connectivity index (χ4v) is 1.92. The second kappa shape index (κ2) is 6.31. The molecular weight excluding hydrogens is 244 g/mol. The van der Waals surface area contributed by atoms with Crippen LogP contribution in [0.5, 0.6) is 0 Å². The van der Waals surface area contributed by atoms with Crippen molar-refractivity contribution in [2.45, 2.75) is 19.9 Å². The third kappa shape index (κ3) is 4.12. The number of carboxylic acid groups (broad SMARTS) is 1. The third-order valence-corrected chi connectivity index (χ3v) is 2.95. The van der Waals surface area contributed by atoms with Crippen LogP contribution in [0.25, 0.3) is 0 Å². The van der Waals surface area contributed by atoms with Gasteiger partial charge in [0.15, 0.2) is 5.69 Å². The molecule has 7 heteroatoms. The number of carbonyl (C=O) groups excluding carboxylic acids is 1. The summed E-state index contributed by atoms with van der Waals surface area (Å²) >= 11 is 1.20. The van der Waals surface area contributed by atoms with Gasteiger partial charge in [0.05, 0.1) is 6.04 Å². The number of ether oxygens (including phenoxy) is 1. The Morgan fingerprint density at radius 3 is 2.88 bits per heavy atom. The predicted molar refractivity (Wildman–Crippen MR) is 62.1 cm³/mol. The molecule has 1 aromatic rings. The lowest BCUT2D eigenvalue weighted by molar-refractivity contribution is -0.126. The van der Waals surface area contributed by atoms with Crippen molar-refractivity contribution in [1.82, 2.24) is 10.3 Å². The monoisotopic (exact) mass is 258 g/mol. The Morgan fingerprint density at radius 1 is 1.65 bits per heavy atom. The fourth-order valence-electron chi connectivity index (χ4n) is 1.12. The number of nitrogens with one attached hydrogen (secondary N) is 1. The van der Waals surface area contributed by atoms with Crippen LogP contribution in [0.15, 0.2) is 5.38 Å². The highest BCUT2D eigenvalue weighted by Gasteiger charge is 2.15. The summed E-state index contributed by atoms with van der Waals surface area (Å²) in [6, 6.07) is -0.318. The van der Waals surface area contributed by atoms with Gasteiger partial charge in [-0.3, -0.25) is 4.79 Å². The number of nitrogens with zero attached hydrogens (tertiary/aromatic N) is 1. The van der Waals surface area contributed by atoms with Gasteiger partial charge in [-0.1, -0.05) is 0 Å². The van der Waals surface area contributed by atoms with Crippen molar-refractivity contribution in [3.05, 3.63) is 16.1 Å². The number of carboxylic acids is 1. The quantitative estimate of drug-likeness (QED) is 0.796. The van der Waals surface area contributed by atoms with Gasteiger partial charge < -0.3 is 15.2 Å². The number of hydrogen-bond donors (Lipinski definition) is 2. The van der Waals surface area contributed by atoms with E-state index >= 15 is 0 Å². The largest absolute Gasteiger partial charge is 0.476 e. The molecule has 1 atom stereocenters. The van der Waals surface area contributed by atoms with Crippen LogP contribution in [-0.2, 0) is 9.53 Å². The summed E-state index contributed by atoms with van der Waals surface area (Å²) < 4.78 is 4.95. The third-order valence-electron chi connectivity index (χ3n) is 1.93. The molecule has 0 bridgehead atoms. The van der Waals surface area contributed by atoms with Gasteiger partial charge in [-0.2, -0.15) is 0 Å². The van der Waals surface area contributed by atoms with E-state index in [0.29, 0.717) is 11.6 Å². The van der Waals surface area contributed by atoms with E-state index in [-0.39, 0.29) is 24.2 Å². The summed E-state index contributed by atoms with van der Waals surface area (Å²) in [5.41, 5.74) is -0.00379. The lowest BCUT2D eigenvalue weighted by Gasteiger charge is -2.10. The smallest absolute Gasteiger partial charge is 0.355 e. The number of aromatic nitrogens is 1. The van der Waals surface area contributed by atoms with Crippen molar-refractivity contribution in [2.75, 3.05) is 13.2 Å². The average molecular weight is 258 g/mol. The Morgan fingerprint density at radius 2 is 2.35 bits per heavy atom. The molecule has 1 amide bonds. The van der Waals surface area contributed by atoms with Gasteiger partial charge in [0.2, 0.25) is 5.91 Å². The second-order valence-corrected chi connectivity index (χ2v) is 4.19. The van der Waals surface area contributed by atoms with E-state index in [2.05, 4.69) is 10.3 Å². The summed E-state index contributed by atoms with van der Waals surface area (Å²) in [6.45, 7) is 4.02. The summed E-state index contributed by atoms with van der Waals surface area (Å²) in [5.74, 6) is -1.31. The summed E-state index contributed by atoms with van der Waals surface area (Å²) in [7, 11) is 0. The maximum Gasteiger partial charge on any atom is 0.355 e.